The highest BCUT2D eigenvalue weighted by atomic mass is 19.1. The summed E-state index contributed by atoms with van der Waals surface area (Å²) in [5.74, 6) is -1.82. The fourth-order valence-corrected chi connectivity index (χ4v) is 2.09. The maximum Gasteiger partial charge on any atom is 0.257 e. The van der Waals surface area contributed by atoms with Gasteiger partial charge in [0.2, 0.25) is 5.89 Å². The van der Waals surface area contributed by atoms with E-state index in [0.717, 1.165) is 11.6 Å². The lowest BCUT2D eigenvalue weighted by molar-refractivity contribution is 0.102. The Morgan fingerprint density at radius 1 is 1.29 bits per heavy atom. The Bertz CT molecular complexity index is 878. The van der Waals surface area contributed by atoms with Crippen molar-refractivity contribution in [2.75, 3.05) is 12.4 Å². The number of phenols is 1. The number of anilines is 1. The van der Waals surface area contributed by atoms with E-state index in [-0.39, 0.29) is 17.1 Å². The molecule has 3 aromatic rings. The molecule has 0 aliphatic heterocycles. The molecular formula is C17H13FN2O4. The third-order valence-corrected chi connectivity index (χ3v) is 3.28. The molecule has 0 fully saturated rings. The number of ether oxygens (including phenoxy) is 1. The molecule has 1 heterocycles. The predicted octanol–water partition coefficient (Wildman–Crippen LogP) is 3.45. The fraction of sp³-hybridized carbons (Fsp3) is 0.0588. The van der Waals surface area contributed by atoms with Crippen LogP contribution >= 0.6 is 0 Å². The van der Waals surface area contributed by atoms with Crippen molar-refractivity contribution in [1.82, 2.24) is 4.98 Å². The summed E-state index contributed by atoms with van der Waals surface area (Å²) in [7, 11) is 1.26. The first-order chi connectivity index (χ1) is 11.6. The Kier molecular flexibility index (Phi) is 4.15. The zero-order valence-electron chi connectivity index (χ0n) is 12.6. The molecule has 0 aliphatic rings. The molecule has 7 heteroatoms. The van der Waals surface area contributed by atoms with Crippen LogP contribution in [0.3, 0.4) is 0 Å². The van der Waals surface area contributed by atoms with E-state index in [1.54, 1.807) is 0 Å². The van der Waals surface area contributed by atoms with Crippen LogP contribution in [0.25, 0.3) is 11.5 Å². The van der Waals surface area contributed by atoms with Crippen LogP contribution in [0.5, 0.6) is 11.5 Å². The van der Waals surface area contributed by atoms with Crippen LogP contribution in [0.15, 0.2) is 53.1 Å². The lowest BCUT2D eigenvalue weighted by atomic mass is 10.2. The van der Waals surface area contributed by atoms with E-state index in [1.807, 2.05) is 30.3 Å². The van der Waals surface area contributed by atoms with Gasteiger partial charge in [-0.3, -0.25) is 4.79 Å². The SMILES string of the molecule is COc1cc(C(=O)Nc2coc(-c3ccccc3)n2)cc(F)c1O. The Hall–Kier alpha value is -3.35. The second-order valence-corrected chi connectivity index (χ2v) is 4.87. The molecule has 0 bridgehead atoms. The van der Waals surface area contributed by atoms with E-state index in [1.165, 1.54) is 19.4 Å². The number of carbonyl (C=O) groups excluding carboxylic acids is 1. The van der Waals surface area contributed by atoms with E-state index in [4.69, 9.17) is 9.15 Å². The van der Waals surface area contributed by atoms with Gasteiger partial charge in [0, 0.05) is 11.1 Å². The highest BCUT2D eigenvalue weighted by Crippen LogP contribution is 2.30. The third-order valence-electron chi connectivity index (χ3n) is 3.28. The second kappa shape index (κ2) is 6.41. The first-order valence-corrected chi connectivity index (χ1v) is 6.97. The minimum Gasteiger partial charge on any atom is -0.502 e. The summed E-state index contributed by atoms with van der Waals surface area (Å²) in [5, 5.41) is 12.0. The van der Waals surface area contributed by atoms with Gasteiger partial charge in [0.15, 0.2) is 23.1 Å². The number of nitrogens with one attached hydrogen (secondary N) is 1. The van der Waals surface area contributed by atoms with Crippen molar-refractivity contribution in [3.05, 3.63) is 60.1 Å². The fourth-order valence-electron chi connectivity index (χ4n) is 2.09. The zero-order valence-corrected chi connectivity index (χ0v) is 12.6. The van der Waals surface area contributed by atoms with Gasteiger partial charge in [-0.2, -0.15) is 4.98 Å². The Labute approximate surface area is 136 Å². The average Bonchev–Trinajstić information content (AvgIpc) is 3.06. The first kappa shape index (κ1) is 15.5. The summed E-state index contributed by atoms with van der Waals surface area (Å²) in [5.41, 5.74) is 0.738. The summed E-state index contributed by atoms with van der Waals surface area (Å²) < 4.78 is 23.7. The Balaban J connectivity index is 1.81. The van der Waals surface area contributed by atoms with Crippen LogP contribution in [0, 0.1) is 5.82 Å². The normalized spacial score (nSPS) is 10.4. The molecule has 2 aromatic carbocycles. The minimum atomic E-state index is -0.954. The van der Waals surface area contributed by atoms with Gasteiger partial charge < -0.3 is 19.6 Å². The number of amides is 1. The molecule has 0 saturated carbocycles. The van der Waals surface area contributed by atoms with Crippen LogP contribution < -0.4 is 10.1 Å². The number of benzene rings is 2. The predicted molar refractivity (Wildman–Crippen MR) is 84.5 cm³/mol. The largest absolute Gasteiger partial charge is 0.502 e. The van der Waals surface area contributed by atoms with Crippen LogP contribution in [0.2, 0.25) is 0 Å². The number of carbonyl (C=O) groups is 1. The standard InChI is InChI=1S/C17H13FN2O4/c1-23-13-8-11(7-12(18)15(13)21)16(22)19-14-9-24-17(20-14)10-5-3-2-4-6-10/h2-9,21H,1H3,(H,19,22). The molecule has 0 aliphatic carbocycles. The van der Waals surface area contributed by atoms with Crippen molar-refractivity contribution in [1.29, 1.82) is 0 Å². The summed E-state index contributed by atoms with van der Waals surface area (Å²) in [6, 6.07) is 11.3. The second-order valence-electron chi connectivity index (χ2n) is 4.87. The summed E-state index contributed by atoms with van der Waals surface area (Å²) >= 11 is 0. The summed E-state index contributed by atoms with van der Waals surface area (Å²) in [4.78, 5) is 16.4. The monoisotopic (exact) mass is 328 g/mol. The van der Waals surface area contributed by atoms with Gasteiger partial charge >= 0.3 is 0 Å². The van der Waals surface area contributed by atoms with E-state index in [0.29, 0.717) is 5.89 Å². The van der Waals surface area contributed by atoms with Crippen molar-refractivity contribution in [2.45, 2.75) is 0 Å². The zero-order chi connectivity index (χ0) is 17.1. The quantitative estimate of drug-likeness (QED) is 0.766. The maximum absolute atomic E-state index is 13.6. The van der Waals surface area contributed by atoms with Crippen molar-refractivity contribution in [3.63, 3.8) is 0 Å². The van der Waals surface area contributed by atoms with Gasteiger partial charge in [-0.15, -0.1) is 0 Å². The number of oxazole rings is 1. The molecule has 24 heavy (non-hydrogen) atoms. The van der Waals surface area contributed by atoms with Crippen molar-refractivity contribution in [2.24, 2.45) is 0 Å². The van der Waals surface area contributed by atoms with Gasteiger partial charge in [-0.25, -0.2) is 4.39 Å². The van der Waals surface area contributed by atoms with Crippen LogP contribution in [0.1, 0.15) is 10.4 Å². The molecule has 0 spiro atoms. The maximum atomic E-state index is 13.6. The molecule has 2 N–H and O–H groups in total. The van der Waals surface area contributed by atoms with E-state index in [2.05, 4.69) is 10.3 Å². The van der Waals surface area contributed by atoms with Gasteiger partial charge in [-0.05, 0) is 24.3 Å². The van der Waals surface area contributed by atoms with E-state index >= 15 is 0 Å². The molecule has 3 rings (SSSR count). The number of halogens is 1. The molecular weight excluding hydrogens is 315 g/mol. The highest BCUT2D eigenvalue weighted by molar-refractivity contribution is 6.04. The van der Waals surface area contributed by atoms with Gasteiger partial charge in [0.25, 0.3) is 5.91 Å². The van der Waals surface area contributed by atoms with Gasteiger partial charge in [-0.1, -0.05) is 18.2 Å². The number of aromatic nitrogens is 1. The molecule has 0 unspecified atom stereocenters. The number of aromatic hydroxyl groups is 1. The number of nitrogens with zero attached hydrogens (tertiary/aromatic N) is 1. The number of hydrogen-bond acceptors (Lipinski definition) is 5. The molecule has 122 valence electrons. The molecule has 0 saturated heterocycles. The molecule has 1 aromatic heterocycles. The Morgan fingerprint density at radius 3 is 2.75 bits per heavy atom. The average molecular weight is 328 g/mol. The molecule has 1 amide bonds. The smallest absolute Gasteiger partial charge is 0.257 e. The molecule has 0 atom stereocenters. The summed E-state index contributed by atoms with van der Waals surface area (Å²) in [6.07, 6.45) is 1.29. The molecule has 6 nitrogen and oxygen atoms in total. The Morgan fingerprint density at radius 2 is 2.04 bits per heavy atom. The molecule has 0 radical (unpaired) electrons. The van der Waals surface area contributed by atoms with E-state index in [9.17, 15) is 14.3 Å². The van der Waals surface area contributed by atoms with Crippen LogP contribution in [-0.4, -0.2) is 23.1 Å². The van der Waals surface area contributed by atoms with Crippen LogP contribution in [-0.2, 0) is 0 Å². The lowest BCUT2D eigenvalue weighted by Crippen LogP contribution is -2.12. The number of methoxy groups -OCH3 is 1. The topological polar surface area (TPSA) is 84.6 Å². The lowest BCUT2D eigenvalue weighted by Gasteiger charge is -2.07. The van der Waals surface area contributed by atoms with Crippen molar-refractivity contribution in [3.8, 4) is 23.0 Å². The van der Waals surface area contributed by atoms with Gasteiger partial charge in [0.05, 0.1) is 7.11 Å². The first-order valence-electron chi connectivity index (χ1n) is 6.97. The minimum absolute atomic E-state index is 0.0218. The van der Waals surface area contributed by atoms with Gasteiger partial charge in [0.1, 0.15) is 6.26 Å². The summed E-state index contributed by atoms with van der Waals surface area (Å²) in [6.45, 7) is 0. The highest BCUT2D eigenvalue weighted by Gasteiger charge is 2.16. The van der Waals surface area contributed by atoms with Crippen LogP contribution in [0.4, 0.5) is 10.2 Å². The van der Waals surface area contributed by atoms with Crippen molar-refractivity contribution >= 4 is 11.7 Å². The number of hydrogen-bond donors (Lipinski definition) is 2. The van der Waals surface area contributed by atoms with E-state index < -0.39 is 17.5 Å². The number of phenolic OH excluding ortho intramolecular Hbond substituents is 1. The van der Waals surface area contributed by atoms with Crippen molar-refractivity contribution < 1.29 is 23.4 Å². The third kappa shape index (κ3) is 3.05. The number of rotatable bonds is 4.